The molecule has 0 aliphatic heterocycles. The lowest BCUT2D eigenvalue weighted by atomic mass is 10.2. The quantitative estimate of drug-likeness (QED) is 0.759. The predicted molar refractivity (Wildman–Crippen MR) is 75.1 cm³/mol. The first-order valence-corrected chi connectivity index (χ1v) is 8.15. The Balaban J connectivity index is 2.32. The van der Waals surface area contributed by atoms with Gasteiger partial charge < -0.3 is 4.74 Å². The maximum absolute atomic E-state index is 12.5. The molecule has 0 radical (unpaired) electrons. The molecule has 0 unspecified atom stereocenters. The molecule has 1 fully saturated rings. The molecule has 0 atom stereocenters. The Morgan fingerprint density at radius 1 is 1.42 bits per heavy atom. The lowest BCUT2D eigenvalue weighted by molar-refractivity contribution is 0.396. The first kappa shape index (κ1) is 14.6. The summed E-state index contributed by atoms with van der Waals surface area (Å²) < 4.78 is 31.6. The van der Waals surface area contributed by atoms with Gasteiger partial charge in [-0.25, -0.2) is 12.7 Å². The van der Waals surface area contributed by atoms with Crippen LogP contribution < -0.4 is 4.74 Å². The van der Waals surface area contributed by atoms with Gasteiger partial charge in [-0.1, -0.05) is 6.07 Å². The SMILES string of the molecule is COc1cc(CCl)ccc1S(=O)(=O)N(C)CC1CC1. The summed E-state index contributed by atoms with van der Waals surface area (Å²) in [5.74, 6) is 1.18. The molecule has 1 saturated carbocycles. The van der Waals surface area contributed by atoms with E-state index in [-0.39, 0.29) is 4.90 Å². The van der Waals surface area contributed by atoms with Gasteiger partial charge in [0, 0.05) is 19.5 Å². The number of hydrogen-bond acceptors (Lipinski definition) is 3. The zero-order chi connectivity index (χ0) is 14.0. The van der Waals surface area contributed by atoms with E-state index in [2.05, 4.69) is 0 Å². The topological polar surface area (TPSA) is 46.6 Å². The van der Waals surface area contributed by atoms with E-state index in [1.165, 1.54) is 11.4 Å². The normalized spacial score (nSPS) is 15.8. The molecule has 0 aromatic heterocycles. The predicted octanol–water partition coefficient (Wildman–Crippen LogP) is 2.46. The minimum absolute atomic E-state index is 0.201. The second-order valence-corrected chi connectivity index (χ2v) is 7.13. The van der Waals surface area contributed by atoms with Gasteiger partial charge in [-0.05, 0) is 36.5 Å². The molecular formula is C13H18ClNO3S. The van der Waals surface area contributed by atoms with Crippen LogP contribution in [0.15, 0.2) is 23.1 Å². The monoisotopic (exact) mass is 303 g/mol. The zero-order valence-corrected chi connectivity index (χ0v) is 12.7. The van der Waals surface area contributed by atoms with Gasteiger partial charge in [-0.3, -0.25) is 0 Å². The van der Waals surface area contributed by atoms with Crippen molar-refractivity contribution in [3.8, 4) is 5.75 Å². The van der Waals surface area contributed by atoms with Gasteiger partial charge >= 0.3 is 0 Å². The standard InChI is InChI=1S/C13H18ClNO3S/c1-15(9-10-3-4-10)19(16,17)13-6-5-11(8-14)7-12(13)18-2/h5-7,10H,3-4,8-9H2,1-2H3. The third-order valence-corrected chi connectivity index (χ3v) is 5.45. The molecule has 0 N–H and O–H groups in total. The van der Waals surface area contributed by atoms with Crippen molar-refractivity contribution in [3.63, 3.8) is 0 Å². The molecule has 6 heteroatoms. The highest BCUT2D eigenvalue weighted by molar-refractivity contribution is 7.89. The summed E-state index contributed by atoms with van der Waals surface area (Å²) in [6.45, 7) is 0.572. The van der Waals surface area contributed by atoms with E-state index in [1.54, 1.807) is 25.2 Å². The zero-order valence-electron chi connectivity index (χ0n) is 11.1. The van der Waals surface area contributed by atoms with Gasteiger partial charge in [-0.15, -0.1) is 11.6 Å². The number of nitrogens with zero attached hydrogens (tertiary/aromatic N) is 1. The molecule has 2 rings (SSSR count). The van der Waals surface area contributed by atoms with Crippen LogP contribution in [0, 0.1) is 5.92 Å². The molecule has 1 aromatic carbocycles. The highest BCUT2D eigenvalue weighted by Crippen LogP contribution is 2.33. The van der Waals surface area contributed by atoms with Crippen molar-refractivity contribution in [2.24, 2.45) is 5.92 Å². The summed E-state index contributed by atoms with van der Waals surface area (Å²) in [5, 5.41) is 0. The number of alkyl halides is 1. The minimum Gasteiger partial charge on any atom is -0.495 e. The summed E-state index contributed by atoms with van der Waals surface area (Å²) in [7, 11) is -0.417. The molecule has 0 saturated heterocycles. The summed E-state index contributed by atoms with van der Waals surface area (Å²) in [6, 6.07) is 4.95. The highest BCUT2D eigenvalue weighted by Gasteiger charge is 2.30. The number of hydrogen-bond donors (Lipinski definition) is 0. The number of ether oxygens (including phenoxy) is 1. The van der Waals surface area contributed by atoms with Crippen molar-refractivity contribution in [2.45, 2.75) is 23.6 Å². The van der Waals surface area contributed by atoms with Gasteiger partial charge in [0.15, 0.2) is 0 Å². The minimum atomic E-state index is -3.50. The van der Waals surface area contributed by atoms with E-state index in [0.717, 1.165) is 18.4 Å². The number of halogens is 1. The van der Waals surface area contributed by atoms with E-state index in [9.17, 15) is 8.42 Å². The van der Waals surface area contributed by atoms with Crippen molar-refractivity contribution in [1.82, 2.24) is 4.31 Å². The second kappa shape index (κ2) is 5.69. The largest absolute Gasteiger partial charge is 0.495 e. The maximum atomic E-state index is 12.5. The van der Waals surface area contributed by atoms with Crippen molar-refractivity contribution in [3.05, 3.63) is 23.8 Å². The third-order valence-electron chi connectivity index (χ3n) is 3.28. The Morgan fingerprint density at radius 2 is 2.11 bits per heavy atom. The Hall–Kier alpha value is -0.780. The van der Waals surface area contributed by atoms with E-state index < -0.39 is 10.0 Å². The number of benzene rings is 1. The van der Waals surface area contributed by atoms with Gasteiger partial charge in [0.2, 0.25) is 10.0 Å². The third kappa shape index (κ3) is 3.22. The van der Waals surface area contributed by atoms with Crippen LogP contribution in [0.1, 0.15) is 18.4 Å². The fourth-order valence-corrected chi connectivity index (χ4v) is 3.48. The molecule has 19 heavy (non-hydrogen) atoms. The van der Waals surface area contributed by atoms with Crippen LogP contribution in [-0.4, -0.2) is 33.4 Å². The molecule has 0 heterocycles. The Kier molecular flexibility index (Phi) is 4.38. The summed E-state index contributed by atoms with van der Waals surface area (Å²) >= 11 is 5.75. The van der Waals surface area contributed by atoms with Gasteiger partial charge in [0.25, 0.3) is 0 Å². The number of rotatable bonds is 6. The molecular weight excluding hydrogens is 286 g/mol. The van der Waals surface area contributed by atoms with Crippen molar-refractivity contribution in [1.29, 1.82) is 0 Å². The van der Waals surface area contributed by atoms with Crippen LogP contribution in [0.5, 0.6) is 5.75 Å². The van der Waals surface area contributed by atoms with E-state index >= 15 is 0 Å². The Bertz CT molecular complexity index is 555. The first-order chi connectivity index (χ1) is 8.98. The molecule has 106 valence electrons. The van der Waals surface area contributed by atoms with Crippen molar-refractivity contribution >= 4 is 21.6 Å². The van der Waals surface area contributed by atoms with E-state index in [0.29, 0.717) is 24.1 Å². The number of methoxy groups -OCH3 is 1. The van der Waals surface area contributed by atoms with Crippen LogP contribution in [0.4, 0.5) is 0 Å². The molecule has 0 spiro atoms. The molecule has 4 nitrogen and oxygen atoms in total. The van der Waals surface area contributed by atoms with Crippen LogP contribution >= 0.6 is 11.6 Å². The summed E-state index contributed by atoms with van der Waals surface area (Å²) in [5.41, 5.74) is 0.835. The van der Waals surface area contributed by atoms with Gasteiger partial charge in [0.05, 0.1) is 7.11 Å². The molecule has 0 amide bonds. The van der Waals surface area contributed by atoms with Crippen LogP contribution in [0.3, 0.4) is 0 Å². The molecule has 1 aromatic rings. The second-order valence-electron chi connectivity index (χ2n) is 4.85. The smallest absolute Gasteiger partial charge is 0.246 e. The van der Waals surface area contributed by atoms with Crippen LogP contribution in [-0.2, 0) is 15.9 Å². The lowest BCUT2D eigenvalue weighted by Crippen LogP contribution is -2.29. The fourth-order valence-electron chi connectivity index (χ4n) is 1.94. The van der Waals surface area contributed by atoms with E-state index in [4.69, 9.17) is 16.3 Å². The van der Waals surface area contributed by atoms with E-state index in [1.807, 2.05) is 0 Å². The lowest BCUT2D eigenvalue weighted by Gasteiger charge is -2.19. The van der Waals surface area contributed by atoms with Gasteiger partial charge in [-0.2, -0.15) is 0 Å². The van der Waals surface area contributed by atoms with Crippen molar-refractivity contribution in [2.75, 3.05) is 20.7 Å². The first-order valence-electron chi connectivity index (χ1n) is 6.18. The number of sulfonamides is 1. The Labute approximate surface area is 119 Å². The summed E-state index contributed by atoms with van der Waals surface area (Å²) in [4.78, 5) is 0.201. The molecule has 1 aliphatic carbocycles. The van der Waals surface area contributed by atoms with Gasteiger partial charge in [0.1, 0.15) is 10.6 Å². The average molecular weight is 304 g/mol. The highest BCUT2D eigenvalue weighted by atomic mass is 35.5. The average Bonchev–Trinajstić information content (AvgIpc) is 3.21. The molecule has 1 aliphatic rings. The Morgan fingerprint density at radius 3 is 2.63 bits per heavy atom. The van der Waals surface area contributed by atoms with Crippen LogP contribution in [0.2, 0.25) is 0 Å². The van der Waals surface area contributed by atoms with Crippen molar-refractivity contribution < 1.29 is 13.2 Å². The maximum Gasteiger partial charge on any atom is 0.246 e. The van der Waals surface area contributed by atoms with Crippen LogP contribution in [0.25, 0.3) is 0 Å². The summed E-state index contributed by atoms with van der Waals surface area (Å²) in [6.07, 6.45) is 2.23. The molecule has 0 bridgehead atoms. The fraction of sp³-hybridized carbons (Fsp3) is 0.538.